The number of benzene rings is 1. The van der Waals surface area contributed by atoms with E-state index in [4.69, 9.17) is 22.1 Å². The zero-order valence-corrected chi connectivity index (χ0v) is 19.9. The van der Waals surface area contributed by atoms with Crippen molar-refractivity contribution in [3.63, 3.8) is 0 Å². The molecule has 0 saturated carbocycles. The molecule has 10 nitrogen and oxygen atoms in total. The van der Waals surface area contributed by atoms with Crippen LogP contribution >= 0.6 is 11.6 Å². The van der Waals surface area contributed by atoms with Gasteiger partial charge in [0.1, 0.15) is 11.4 Å². The van der Waals surface area contributed by atoms with Crippen LogP contribution in [0.2, 0.25) is 5.02 Å². The van der Waals surface area contributed by atoms with Crippen molar-refractivity contribution in [3.05, 3.63) is 46.6 Å². The summed E-state index contributed by atoms with van der Waals surface area (Å²) >= 11 is 6.47. The lowest BCUT2D eigenvalue weighted by Crippen LogP contribution is -2.36. The Balaban J connectivity index is 1.65. The number of hydrogen-bond acceptors (Lipinski definition) is 6. The Hall–Kier alpha value is -3.53. The molecule has 0 fully saturated rings. The lowest BCUT2D eigenvalue weighted by molar-refractivity contribution is 0.0501. The number of aryl methyl sites for hydroxylation is 1. The van der Waals surface area contributed by atoms with E-state index in [9.17, 15) is 4.79 Å². The Morgan fingerprint density at radius 1 is 1.36 bits per heavy atom. The summed E-state index contributed by atoms with van der Waals surface area (Å²) < 4.78 is 7.16. The number of nitrogens with two attached hydrogens (primary N) is 1. The molecule has 3 aromatic heterocycles. The van der Waals surface area contributed by atoms with Gasteiger partial charge in [-0.05, 0) is 39.8 Å². The van der Waals surface area contributed by atoms with Crippen LogP contribution in [-0.2, 0) is 18.2 Å². The first-order chi connectivity index (χ1) is 15.5. The number of nitrogen functional groups attached to an aromatic ring is 1. The number of amides is 1. The maximum Gasteiger partial charge on any atom is 0.408 e. The molecule has 0 bridgehead atoms. The molecule has 0 aliphatic heterocycles. The molecule has 1 amide bonds. The number of hydrogen-bond donors (Lipinski definition) is 4. The number of aromatic nitrogens is 6. The molecule has 0 saturated heterocycles. The molecule has 3 heterocycles. The first kappa shape index (κ1) is 22.7. The largest absolute Gasteiger partial charge is 0.444 e. The maximum absolute atomic E-state index is 12.6. The number of H-pyrrole nitrogens is 2. The fourth-order valence-corrected chi connectivity index (χ4v) is 3.75. The van der Waals surface area contributed by atoms with E-state index in [1.807, 2.05) is 52.9 Å². The molecule has 11 heteroatoms. The molecular weight excluding hydrogens is 444 g/mol. The summed E-state index contributed by atoms with van der Waals surface area (Å²) in [6, 6.07) is 5.23. The average Bonchev–Trinajstić information content (AvgIpc) is 3.42. The van der Waals surface area contributed by atoms with Gasteiger partial charge in [0.05, 0.1) is 39.9 Å². The molecule has 1 atom stereocenters. The molecule has 5 N–H and O–H groups in total. The first-order valence-corrected chi connectivity index (χ1v) is 10.9. The van der Waals surface area contributed by atoms with E-state index in [0.717, 1.165) is 27.9 Å². The van der Waals surface area contributed by atoms with Crippen molar-refractivity contribution in [2.24, 2.45) is 7.05 Å². The molecule has 1 unspecified atom stereocenters. The van der Waals surface area contributed by atoms with Crippen molar-refractivity contribution in [1.29, 1.82) is 0 Å². The number of ether oxygens (including phenoxy) is 1. The van der Waals surface area contributed by atoms with Gasteiger partial charge in [-0.25, -0.2) is 9.78 Å². The van der Waals surface area contributed by atoms with Crippen LogP contribution in [0.5, 0.6) is 0 Å². The molecule has 0 radical (unpaired) electrons. The number of nitrogens with one attached hydrogen (secondary N) is 3. The van der Waals surface area contributed by atoms with E-state index in [2.05, 4.69) is 30.6 Å². The number of fused-ring (bicyclic) bond motifs is 1. The normalized spacial score (nSPS) is 12.8. The van der Waals surface area contributed by atoms with E-state index in [-0.39, 0.29) is 0 Å². The number of alkyl carbamates (subject to hydrolysis) is 1. The lowest BCUT2D eigenvalue weighted by Gasteiger charge is -2.22. The fraction of sp³-hybridized carbons (Fsp3) is 0.364. The molecule has 174 valence electrons. The predicted molar refractivity (Wildman–Crippen MR) is 127 cm³/mol. The Morgan fingerprint density at radius 3 is 2.79 bits per heavy atom. The van der Waals surface area contributed by atoms with E-state index in [1.165, 1.54) is 0 Å². The van der Waals surface area contributed by atoms with Crippen molar-refractivity contribution in [2.45, 2.75) is 45.8 Å². The smallest absolute Gasteiger partial charge is 0.408 e. The Bertz CT molecular complexity index is 1310. The van der Waals surface area contributed by atoms with E-state index < -0.39 is 17.7 Å². The van der Waals surface area contributed by atoms with Crippen LogP contribution in [0.4, 0.5) is 10.6 Å². The number of carbonyl (C=O) groups is 1. The minimum Gasteiger partial charge on any atom is -0.444 e. The highest BCUT2D eigenvalue weighted by atomic mass is 35.5. The lowest BCUT2D eigenvalue weighted by atomic mass is 10.1. The molecule has 33 heavy (non-hydrogen) atoms. The van der Waals surface area contributed by atoms with Crippen molar-refractivity contribution in [2.75, 3.05) is 5.73 Å². The number of anilines is 1. The molecule has 0 aliphatic rings. The van der Waals surface area contributed by atoms with Crippen molar-refractivity contribution in [3.8, 4) is 11.3 Å². The zero-order chi connectivity index (χ0) is 23.9. The standard InChI is InChI=1S/C22H27ClN8O2/c1-11-18(23)15(30-31(11)5)9-16(27-21(32)33-22(2,3)4)20-25-10-17(26-20)12-6-7-13-14(8-12)28-29-19(13)24/h6-8,10,16H,9H2,1-5H3,(H,25,26)(H,27,32)(H3,24,28,29). The van der Waals surface area contributed by atoms with Gasteiger partial charge in [-0.1, -0.05) is 17.7 Å². The number of aromatic amines is 2. The fourth-order valence-electron chi connectivity index (χ4n) is 3.51. The third kappa shape index (κ3) is 4.80. The summed E-state index contributed by atoms with van der Waals surface area (Å²) in [5, 5.41) is 15.7. The number of halogens is 1. The number of imidazole rings is 1. The quantitative estimate of drug-likeness (QED) is 0.347. The first-order valence-electron chi connectivity index (χ1n) is 10.5. The van der Waals surface area contributed by atoms with Gasteiger partial charge in [0.25, 0.3) is 0 Å². The van der Waals surface area contributed by atoms with Crippen molar-refractivity contribution < 1.29 is 9.53 Å². The average molecular weight is 471 g/mol. The Morgan fingerprint density at radius 2 is 2.12 bits per heavy atom. The van der Waals surface area contributed by atoms with Crippen LogP contribution in [0.15, 0.2) is 24.4 Å². The highest BCUT2D eigenvalue weighted by molar-refractivity contribution is 6.31. The van der Waals surface area contributed by atoms with Gasteiger partial charge < -0.3 is 20.8 Å². The van der Waals surface area contributed by atoms with Gasteiger partial charge in [0.2, 0.25) is 0 Å². The minimum absolute atomic E-state index is 0.336. The topological polar surface area (TPSA) is 140 Å². The van der Waals surface area contributed by atoms with E-state index in [1.54, 1.807) is 10.9 Å². The maximum atomic E-state index is 12.6. The summed E-state index contributed by atoms with van der Waals surface area (Å²) in [6.07, 6.45) is 1.50. The SMILES string of the molecule is Cc1c(Cl)c(CC(NC(=O)OC(C)(C)C)c2ncc(-c3ccc4c(N)n[nH]c4c3)[nH]2)nn1C. The van der Waals surface area contributed by atoms with Crippen LogP contribution in [-0.4, -0.2) is 41.6 Å². The predicted octanol–water partition coefficient (Wildman–Crippen LogP) is 4.04. The summed E-state index contributed by atoms with van der Waals surface area (Å²) in [5.41, 5.74) is 9.22. The highest BCUT2D eigenvalue weighted by Crippen LogP contribution is 2.28. The second-order valence-electron chi connectivity index (χ2n) is 8.92. The number of carbonyl (C=O) groups excluding carboxylic acids is 1. The van der Waals surface area contributed by atoms with Gasteiger partial charge in [0, 0.05) is 24.4 Å². The summed E-state index contributed by atoms with van der Waals surface area (Å²) in [5.74, 6) is 1.01. The zero-order valence-electron chi connectivity index (χ0n) is 19.2. The molecule has 4 aromatic rings. The molecule has 0 aliphatic carbocycles. The summed E-state index contributed by atoms with van der Waals surface area (Å²) in [4.78, 5) is 20.4. The number of nitrogens with zero attached hydrogens (tertiary/aromatic N) is 4. The van der Waals surface area contributed by atoms with Gasteiger partial charge in [-0.15, -0.1) is 0 Å². The van der Waals surface area contributed by atoms with Gasteiger partial charge in [0.15, 0.2) is 5.82 Å². The third-order valence-electron chi connectivity index (χ3n) is 5.24. The Kier molecular flexibility index (Phi) is 5.79. The van der Waals surface area contributed by atoms with Gasteiger partial charge in [-0.3, -0.25) is 9.78 Å². The molecule has 1 aromatic carbocycles. The van der Waals surface area contributed by atoms with Gasteiger partial charge in [-0.2, -0.15) is 10.2 Å². The molecule has 0 spiro atoms. The second kappa shape index (κ2) is 8.43. The second-order valence-corrected chi connectivity index (χ2v) is 9.30. The van der Waals surface area contributed by atoms with Crippen molar-refractivity contribution in [1.82, 2.24) is 35.3 Å². The highest BCUT2D eigenvalue weighted by Gasteiger charge is 2.25. The van der Waals surface area contributed by atoms with Crippen LogP contribution < -0.4 is 11.1 Å². The van der Waals surface area contributed by atoms with E-state index in [0.29, 0.717) is 28.8 Å². The minimum atomic E-state index is -0.635. The van der Waals surface area contributed by atoms with Crippen LogP contribution in [0.1, 0.15) is 44.0 Å². The van der Waals surface area contributed by atoms with Crippen LogP contribution in [0.25, 0.3) is 22.2 Å². The van der Waals surface area contributed by atoms with Crippen LogP contribution in [0.3, 0.4) is 0 Å². The summed E-state index contributed by atoms with van der Waals surface area (Å²) in [6.45, 7) is 7.32. The third-order valence-corrected chi connectivity index (χ3v) is 5.74. The van der Waals surface area contributed by atoms with E-state index >= 15 is 0 Å². The Labute approximate surface area is 195 Å². The molecule has 4 rings (SSSR count). The monoisotopic (exact) mass is 470 g/mol. The van der Waals surface area contributed by atoms with Crippen molar-refractivity contribution >= 4 is 34.4 Å². The number of rotatable bonds is 5. The summed E-state index contributed by atoms with van der Waals surface area (Å²) in [7, 11) is 1.82. The molecular formula is C22H27ClN8O2. The van der Waals surface area contributed by atoms with Crippen LogP contribution in [0, 0.1) is 6.92 Å². The van der Waals surface area contributed by atoms with Gasteiger partial charge >= 0.3 is 6.09 Å².